The molecule has 1 amide bonds. The summed E-state index contributed by atoms with van der Waals surface area (Å²) in [6.45, 7) is 2.56. The Balaban J connectivity index is 1.73. The zero-order valence-electron chi connectivity index (χ0n) is 13.4. The minimum absolute atomic E-state index is 0.117. The van der Waals surface area contributed by atoms with Crippen molar-refractivity contribution in [3.05, 3.63) is 87.6 Å². The zero-order valence-corrected chi connectivity index (χ0v) is 14.2. The van der Waals surface area contributed by atoms with Gasteiger partial charge in [-0.25, -0.2) is 0 Å². The number of nitrogens with one attached hydrogen (secondary N) is 1. The summed E-state index contributed by atoms with van der Waals surface area (Å²) in [7, 11) is 0. The molecule has 0 saturated carbocycles. The number of carbonyl (C=O) groups excluding carboxylic acids is 1. The first-order valence-corrected chi connectivity index (χ1v) is 8.56. The number of hydrogen-bond donors (Lipinski definition) is 1. The van der Waals surface area contributed by atoms with Gasteiger partial charge in [0.2, 0.25) is 0 Å². The number of nitrogens with zero attached hydrogens (tertiary/aromatic N) is 1. The van der Waals surface area contributed by atoms with E-state index in [0.29, 0.717) is 17.8 Å². The molecular formula is C20H18N2OS. The Morgan fingerprint density at radius 2 is 1.79 bits per heavy atom. The molecule has 3 nitrogen and oxygen atoms in total. The highest BCUT2D eigenvalue weighted by Gasteiger charge is 2.09. The molecule has 0 bridgehead atoms. The number of aliphatic imine (C=N–C) groups is 1. The van der Waals surface area contributed by atoms with Crippen LogP contribution in [-0.4, -0.2) is 12.1 Å². The minimum atomic E-state index is -0.117. The number of hydrogen-bond acceptors (Lipinski definition) is 3. The highest BCUT2D eigenvalue weighted by Crippen LogP contribution is 2.20. The second-order valence-corrected chi connectivity index (χ2v) is 6.71. The van der Waals surface area contributed by atoms with E-state index in [9.17, 15) is 4.79 Å². The maximum absolute atomic E-state index is 12.5. The molecule has 3 aromatic rings. The van der Waals surface area contributed by atoms with Crippen molar-refractivity contribution in [3.63, 3.8) is 0 Å². The van der Waals surface area contributed by atoms with Gasteiger partial charge >= 0.3 is 0 Å². The number of carbonyl (C=O) groups is 1. The van der Waals surface area contributed by atoms with Crippen molar-refractivity contribution in [2.24, 2.45) is 4.99 Å². The van der Waals surface area contributed by atoms with Gasteiger partial charge in [0.25, 0.3) is 5.91 Å². The molecule has 1 heterocycles. The molecular weight excluding hydrogens is 316 g/mol. The average molecular weight is 334 g/mol. The van der Waals surface area contributed by atoms with Gasteiger partial charge in [-0.15, -0.1) is 11.3 Å². The second kappa shape index (κ2) is 7.70. The smallest absolute Gasteiger partial charge is 0.253 e. The highest BCUT2D eigenvalue weighted by atomic mass is 32.1. The molecule has 0 aliphatic heterocycles. The predicted molar refractivity (Wildman–Crippen MR) is 100 cm³/mol. The fraction of sp³-hybridized carbons (Fsp3) is 0.100. The monoisotopic (exact) mass is 334 g/mol. The van der Waals surface area contributed by atoms with Crippen molar-refractivity contribution in [2.45, 2.75) is 13.5 Å². The van der Waals surface area contributed by atoms with Gasteiger partial charge in [-0.2, -0.15) is 0 Å². The molecule has 0 aliphatic carbocycles. The summed E-state index contributed by atoms with van der Waals surface area (Å²) in [4.78, 5) is 19.3. The molecule has 2 aromatic carbocycles. The van der Waals surface area contributed by atoms with E-state index < -0.39 is 0 Å². The van der Waals surface area contributed by atoms with E-state index in [0.717, 1.165) is 10.4 Å². The van der Waals surface area contributed by atoms with E-state index >= 15 is 0 Å². The molecule has 0 atom stereocenters. The van der Waals surface area contributed by atoms with Gasteiger partial charge in [-0.1, -0.05) is 42.5 Å². The number of para-hydroxylation sites is 1. The third-order valence-corrected chi connectivity index (χ3v) is 4.47. The first kappa shape index (κ1) is 16.1. The first-order chi connectivity index (χ1) is 11.7. The van der Waals surface area contributed by atoms with Gasteiger partial charge in [0.05, 0.1) is 11.3 Å². The fourth-order valence-electron chi connectivity index (χ4n) is 2.31. The standard InChI is InChI=1S/C20H18N2OS/c1-15-11-12-17(24-15)14-21-19-10-6-5-9-18(19)20(23)22-13-16-7-3-2-4-8-16/h2-12,14H,13H2,1H3,(H,22,23). The van der Waals surface area contributed by atoms with Crippen molar-refractivity contribution in [2.75, 3.05) is 0 Å². The Labute approximate surface area is 145 Å². The van der Waals surface area contributed by atoms with Crippen LogP contribution >= 0.6 is 11.3 Å². The minimum Gasteiger partial charge on any atom is -0.348 e. The Morgan fingerprint density at radius 3 is 2.54 bits per heavy atom. The summed E-state index contributed by atoms with van der Waals surface area (Å²) in [5.41, 5.74) is 2.33. The van der Waals surface area contributed by atoms with E-state index in [4.69, 9.17) is 0 Å². The molecule has 0 aliphatic rings. The van der Waals surface area contributed by atoms with Crippen molar-refractivity contribution in [3.8, 4) is 0 Å². The van der Waals surface area contributed by atoms with Crippen LogP contribution in [0.15, 0.2) is 71.7 Å². The van der Waals surface area contributed by atoms with Gasteiger partial charge in [0, 0.05) is 22.5 Å². The number of aryl methyl sites for hydroxylation is 1. The summed E-state index contributed by atoms with van der Waals surface area (Å²) in [6.07, 6.45) is 1.81. The Morgan fingerprint density at radius 1 is 1.04 bits per heavy atom. The molecule has 0 fully saturated rings. The molecule has 0 radical (unpaired) electrons. The quantitative estimate of drug-likeness (QED) is 0.673. The van der Waals surface area contributed by atoms with E-state index in [1.165, 1.54) is 4.88 Å². The largest absolute Gasteiger partial charge is 0.348 e. The van der Waals surface area contributed by atoms with Gasteiger partial charge < -0.3 is 5.32 Å². The van der Waals surface area contributed by atoms with Crippen LogP contribution in [0.1, 0.15) is 25.7 Å². The lowest BCUT2D eigenvalue weighted by Gasteiger charge is -2.07. The number of rotatable bonds is 5. The molecule has 1 aromatic heterocycles. The van der Waals surface area contributed by atoms with E-state index in [2.05, 4.69) is 23.3 Å². The lowest BCUT2D eigenvalue weighted by atomic mass is 10.1. The van der Waals surface area contributed by atoms with Crippen molar-refractivity contribution < 1.29 is 4.79 Å². The normalized spacial score (nSPS) is 10.9. The number of thiophene rings is 1. The molecule has 0 saturated heterocycles. The maximum atomic E-state index is 12.5. The van der Waals surface area contributed by atoms with Crippen LogP contribution in [0.3, 0.4) is 0 Å². The third kappa shape index (κ3) is 4.18. The van der Waals surface area contributed by atoms with Crippen LogP contribution < -0.4 is 5.32 Å². The average Bonchev–Trinajstić information content (AvgIpc) is 3.04. The zero-order chi connectivity index (χ0) is 16.8. The fourth-order valence-corrected chi connectivity index (χ4v) is 3.06. The lowest BCUT2D eigenvalue weighted by Crippen LogP contribution is -2.22. The summed E-state index contributed by atoms with van der Waals surface area (Å²) in [5, 5.41) is 2.95. The van der Waals surface area contributed by atoms with E-state index in [1.54, 1.807) is 23.6 Å². The van der Waals surface area contributed by atoms with Crippen LogP contribution in [0.2, 0.25) is 0 Å². The molecule has 0 unspecified atom stereocenters. The summed E-state index contributed by atoms with van der Waals surface area (Å²) in [6, 6.07) is 21.3. The molecule has 24 heavy (non-hydrogen) atoms. The SMILES string of the molecule is Cc1ccc(C=Nc2ccccc2C(=O)NCc2ccccc2)s1. The topological polar surface area (TPSA) is 41.5 Å². The van der Waals surface area contributed by atoms with Gasteiger partial charge in [0.15, 0.2) is 0 Å². The molecule has 0 spiro atoms. The Kier molecular flexibility index (Phi) is 5.18. The van der Waals surface area contributed by atoms with Crippen LogP contribution in [0.5, 0.6) is 0 Å². The Bertz CT molecular complexity index is 853. The molecule has 120 valence electrons. The number of benzene rings is 2. The van der Waals surface area contributed by atoms with Gasteiger partial charge in [0.1, 0.15) is 0 Å². The van der Waals surface area contributed by atoms with Crippen LogP contribution in [0.25, 0.3) is 0 Å². The third-order valence-electron chi connectivity index (χ3n) is 3.54. The highest BCUT2D eigenvalue weighted by molar-refractivity contribution is 7.13. The van der Waals surface area contributed by atoms with E-state index in [-0.39, 0.29) is 5.91 Å². The van der Waals surface area contributed by atoms with Crippen LogP contribution in [0.4, 0.5) is 5.69 Å². The number of amides is 1. The predicted octanol–water partition coefficient (Wildman–Crippen LogP) is 4.74. The van der Waals surface area contributed by atoms with Gasteiger partial charge in [-0.05, 0) is 36.8 Å². The van der Waals surface area contributed by atoms with Crippen LogP contribution in [0, 0.1) is 6.92 Å². The van der Waals surface area contributed by atoms with Crippen molar-refractivity contribution in [1.29, 1.82) is 0 Å². The summed E-state index contributed by atoms with van der Waals surface area (Å²) < 4.78 is 0. The van der Waals surface area contributed by atoms with Crippen molar-refractivity contribution >= 4 is 29.1 Å². The molecule has 3 rings (SSSR count). The second-order valence-electron chi connectivity index (χ2n) is 5.39. The molecule has 1 N–H and O–H groups in total. The van der Waals surface area contributed by atoms with Crippen molar-refractivity contribution in [1.82, 2.24) is 5.32 Å². The van der Waals surface area contributed by atoms with Gasteiger partial charge in [-0.3, -0.25) is 9.79 Å². The first-order valence-electron chi connectivity index (χ1n) is 7.74. The maximum Gasteiger partial charge on any atom is 0.253 e. The lowest BCUT2D eigenvalue weighted by molar-refractivity contribution is 0.0951. The summed E-state index contributed by atoms with van der Waals surface area (Å²) >= 11 is 1.68. The van der Waals surface area contributed by atoms with Crippen LogP contribution in [-0.2, 0) is 6.54 Å². The molecule has 4 heteroatoms. The summed E-state index contributed by atoms with van der Waals surface area (Å²) in [5.74, 6) is -0.117. The van der Waals surface area contributed by atoms with E-state index in [1.807, 2.05) is 54.6 Å². The Hall–Kier alpha value is -2.72.